The van der Waals surface area contributed by atoms with Crippen LogP contribution in [-0.2, 0) is 0 Å². The number of aromatic nitrogens is 1. The molecule has 1 nitrogen and oxygen atoms in total. The highest BCUT2D eigenvalue weighted by Gasteiger charge is 2.19. The molecule has 2 heterocycles. The Kier molecular flexibility index (Phi) is 6.77. The molecule has 0 saturated carbocycles. The first-order chi connectivity index (χ1) is 30.2. The van der Waals surface area contributed by atoms with E-state index in [4.69, 9.17) is 4.98 Å². The van der Waals surface area contributed by atoms with E-state index in [9.17, 15) is 0 Å². The minimum Gasteiger partial charge on any atom is -0.256 e. The van der Waals surface area contributed by atoms with E-state index in [1.165, 1.54) is 123 Å². The lowest BCUT2D eigenvalue weighted by Crippen LogP contribution is -1.91. The molecule has 61 heavy (non-hydrogen) atoms. The second-order valence-corrected chi connectivity index (χ2v) is 17.6. The highest BCUT2D eigenvalue weighted by atomic mass is 32.1. The van der Waals surface area contributed by atoms with Gasteiger partial charge in [-0.2, -0.15) is 0 Å². The summed E-state index contributed by atoms with van der Waals surface area (Å²) < 4.78 is 2.61. The fourth-order valence-corrected chi connectivity index (χ4v) is 11.8. The Morgan fingerprint density at radius 1 is 0.295 bits per heavy atom. The van der Waals surface area contributed by atoms with Crippen molar-refractivity contribution in [3.63, 3.8) is 0 Å². The van der Waals surface area contributed by atoms with Crippen LogP contribution in [0.5, 0.6) is 0 Å². The standard InChI is InChI=1S/C59H33NS/c1-3-11-41-36(9-1)31-37-10-2-4-12-42(37)57(41)50-26-20-35-18-24-47-40(23-17-34-19-25-49(50)56(35)55(34)47)39-21-28-52(60-33-39)38-22-29-53-51(32-38)59-54(61-53)30-27-48-45-15-6-5-13-43(45)44-14-7-8-16-46(44)58(48)59/h1-33H. The monoisotopic (exact) mass is 787 g/mol. The van der Waals surface area contributed by atoms with Crippen molar-refractivity contribution in [2.24, 2.45) is 0 Å². The molecule has 0 radical (unpaired) electrons. The smallest absolute Gasteiger partial charge is 0.0702 e. The molecular weight excluding hydrogens is 755 g/mol. The number of nitrogens with zero attached hydrogens (tertiary/aromatic N) is 1. The average molecular weight is 788 g/mol. The molecule has 0 amide bonds. The zero-order chi connectivity index (χ0) is 39.8. The van der Waals surface area contributed by atoms with E-state index in [1.807, 2.05) is 11.3 Å². The molecule has 0 unspecified atom stereocenters. The molecule has 0 saturated heterocycles. The average Bonchev–Trinajstić information content (AvgIpc) is 3.71. The Labute approximate surface area is 354 Å². The number of hydrogen-bond donors (Lipinski definition) is 0. The summed E-state index contributed by atoms with van der Waals surface area (Å²) in [6.07, 6.45) is 2.07. The summed E-state index contributed by atoms with van der Waals surface area (Å²) in [5, 5.41) is 23.3. The fourth-order valence-electron chi connectivity index (χ4n) is 10.7. The molecule has 0 fully saturated rings. The van der Waals surface area contributed by atoms with Gasteiger partial charge in [0.1, 0.15) is 0 Å². The summed E-state index contributed by atoms with van der Waals surface area (Å²) in [4.78, 5) is 5.17. The minimum atomic E-state index is 0.977. The highest BCUT2D eigenvalue weighted by molar-refractivity contribution is 7.26. The number of benzene rings is 12. The summed E-state index contributed by atoms with van der Waals surface area (Å²) in [6, 6.07) is 72.2. The predicted molar refractivity (Wildman–Crippen MR) is 265 cm³/mol. The van der Waals surface area contributed by atoms with Crippen molar-refractivity contribution in [2.75, 3.05) is 0 Å². The lowest BCUT2D eigenvalue weighted by molar-refractivity contribution is 1.33. The predicted octanol–water partition coefficient (Wildman–Crippen LogP) is 17.1. The molecule has 280 valence electrons. The Balaban J connectivity index is 0.923. The van der Waals surface area contributed by atoms with E-state index in [-0.39, 0.29) is 0 Å². The first-order valence-electron chi connectivity index (χ1n) is 21.0. The number of rotatable bonds is 3. The summed E-state index contributed by atoms with van der Waals surface area (Å²) >= 11 is 1.88. The van der Waals surface area contributed by atoms with E-state index >= 15 is 0 Å². The van der Waals surface area contributed by atoms with E-state index < -0.39 is 0 Å². The van der Waals surface area contributed by atoms with Crippen LogP contribution in [0.25, 0.3) is 140 Å². The molecule has 0 aliphatic rings. The largest absolute Gasteiger partial charge is 0.256 e. The Hall–Kier alpha value is -7.65. The van der Waals surface area contributed by atoms with E-state index in [0.29, 0.717) is 0 Å². The molecule has 0 N–H and O–H groups in total. The molecule has 0 bridgehead atoms. The van der Waals surface area contributed by atoms with E-state index in [2.05, 4.69) is 200 Å². The van der Waals surface area contributed by atoms with Crippen LogP contribution in [0.2, 0.25) is 0 Å². The van der Waals surface area contributed by atoms with E-state index in [1.54, 1.807) is 0 Å². The molecule has 0 atom stereocenters. The highest BCUT2D eigenvalue weighted by Crippen LogP contribution is 2.47. The van der Waals surface area contributed by atoms with Crippen molar-refractivity contribution < 1.29 is 0 Å². The van der Waals surface area contributed by atoms with Crippen molar-refractivity contribution in [2.45, 2.75) is 0 Å². The molecular formula is C59H33NS. The second kappa shape index (κ2) is 12.4. The zero-order valence-electron chi connectivity index (χ0n) is 32.9. The van der Waals surface area contributed by atoms with Crippen LogP contribution in [0.4, 0.5) is 0 Å². The van der Waals surface area contributed by atoms with Crippen molar-refractivity contribution in [1.29, 1.82) is 0 Å². The van der Waals surface area contributed by atoms with Crippen LogP contribution in [-0.4, -0.2) is 4.98 Å². The molecule has 0 aliphatic heterocycles. The third kappa shape index (κ3) is 4.68. The molecule has 12 aromatic carbocycles. The van der Waals surface area contributed by atoms with Gasteiger partial charge in [-0.3, -0.25) is 4.98 Å². The van der Waals surface area contributed by atoms with Gasteiger partial charge in [0.05, 0.1) is 5.69 Å². The van der Waals surface area contributed by atoms with Gasteiger partial charge in [0.25, 0.3) is 0 Å². The lowest BCUT2D eigenvalue weighted by atomic mass is 9.85. The molecule has 2 heteroatoms. The van der Waals surface area contributed by atoms with Gasteiger partial charge in [0.15, 0.2) is 0 Å². The minimum absolute atomic E-state index is 0.977. The molecule has 14 aromatic rings. The third-order valence-electron chi connectivity index (χ3n) is 13.4. The Morgan fingerprint density at radius 3 is 1.49 bits per heavy atom. The zero-order valence-corrected chi connectivity index (χ0v) is 33.7. The Bertz CT molecular complexity index is 4070. The summed E-state index contributed by atoms with van der Waals surface area (Å²) in [7, 11) is 0. The first-order valence-corrected chi connectivity index (χ1v) is 21.8. The molecule has 0 spiro atoms. The van der Waals surface area contributed by atoms with Gasteiger partial charge in [0.2, 0.25) is 0 Å². The topological polar surface area (TPSA) is 12.9 Å². The fraction of sp³-hybridized carbons (Fsp3) is 0. The van der Waals surface area contributed by atoms with Crippen molar-refractivity contribution >= 4 is 118 Å². The second-order valence-electron chi connectivity index (χ2n) is 16.5. The van der Waals surface area contributed by atoms with Gasteiger partial charge >= 0.3 is 0 Å². The van der Waals surface area contributed by atoms with Gasteiger partial charge in [-0.1, -0.05) is 164 Å². The van der Waals surface area contributed by atoms with Crippen LogP contribution < -0.4 is 0 Å². The molecule has 2 aromatic heterocycles. The Morgan fingerprint density at radius 2 is 0.820 bits per heavy atom. The third-order valence-corrected chi connectivity index (χ3v) is 14.6. The van der Waals surface area contributed by atoms with Gasteiger partial charge in [-0.15, -0.1) is 11.3 Å². The van der Waals surface area contributed by atoms with Gasteiger partial charge < -0.3 is 0 Å². The number of fused-ring (bicyclic) bond motifs is 12. The van der Waals surface area contributed by atoms with Gasteiger partial charge in [-0.25, -0.2) is 0 Å². The SMILES string of the molecule is c1ccc2c(-c3ccc4ccc5c(-c6ccc(-c7ccc8sc9ccc%10c%11ccccc%11c%11ccccc%11c%10c9c8c7)nc6)ccc6ccc3c4c65)c3ccccc3cc2c1. The summed E-state index contributed by atoms with van der Waals surface area (Å²) in [5.41, 5.74) is 7.00. The normalized spacial score (nSPS) is 12.3. The van der Waals surface area contributed by atoms with Crippen LogP contribution in [0.1, 0.15) is 0 Å². The van der Waals surface area contributed by atoms with Crippen LogP contribution in [0, 0.1) is 0 Å². The van der Waals surface area contributed by atoms with Crippen LogP contribution in [0.3, 0.4) is 0 Å². The van der Waals surface area contributed by atoms with Gasteiger partial charge in [-0.05, 0) is 133 Å². The quantitative estimate of drug-likeness (QED) is 0.128. The maximum Gasteiger partial charge on any atom is 0.0702 e. The van der Waals surface area contributed by atoms with Crippen LogP contribution in [0.15, 0.2) is 200 Å². The van der Waals surface area contributed by atoms with E-state index in [0.717, 1.165) is 16.8 Å². The maximum absolute atomic E-state index is 5.17. The summed E-state index contributed by atoms with van der Waals surface area (Å²) in [5.74, 6) is 0. The van der Waals surface area contributed by atoms with Gasteiger partial charge in [0, 0.05) is 37.5 Å². The number of hydrogen-bond acceptors (Lipinski definition) is 2. The lowest BCUT2D eigenvalue weighted by Gasteiger charge is -2.18. The maximum atomic E-state index is 5.17. The summed E-state index contributed by atoms with van der Waals surface area (Å²) in [6.45, 7) is 0. The molecule has 14 rings (SSSR count). The molecule has 0 aliphatic carbocycles. The first kappa shape index (κ1) is 33.2. The number of pyridine rings is 1. The van der Waals surface area contributed by atoms with Crippen molar-refractivity contribution in [1.82, 2.24) is 4.98 Å². The van der Waals surface area contributed by atoms with Crippen LogP contribution >= 0.6 is 11.3 Å². The number of thiophene rings is 1. The van der Waals surface area contributed by atoms with Crippen molar-refractivity contribution in [3.8, 4) is 33.5 Å². The van der Waals surface area contributed by atoms with Crippen molar-refractivity contribution in [3.05, 3.63) is 200 Å².